The topological polar surface area (TPSA) is 53.5 Å². The summed E-state index contributed by atoms with van der Waals surface area (Å²) in [7, 11) is -1.79. The van der Waals surface area contributed by atoms with Crippen LogP contribution >= 0.6 is 0 Å². The van der Waals surface area contributed by atoms with Crippen LogP contribution in [0.2, 0.25) is 18.1 Å². The van der Waals surface area contributed by atoms with Crippen LogP contribution in [0.3, 0.4) is 0 Å². The van der Waals surface area contributed by atoms with Gasteiger partial charge in [-0.1, -0.05) is 166 Å². The Morgan fingerprint density at radius 2 is 0.823 bits per heavy atom. The third-order valence-electron chi connectivity index (χ3n) is 14.7. The lowest BCUT2D eigenvalue weighted by molar-refractivity contribution is 0.493. The Kier molecular flexibility index (Phi) is 7.72. The Morgan fingerprint density at radius 1 is 0.435 bits per heavy atom. The van der Waals surface area contributed by atoms with Crippen LogP contribution in [0.15, 0.2) is 158 Å². The number of aromatic nitrogens is 6. The molecule has 13 rings (SSSR count). The summed E-state index contributed by atoms with van der Waals surface area (Å²) in [4.78, 5) is 16.9. The smallest absolute Gasteiger partial charge is 0.240 e. The van der Waals surface area contributed by atoms with E-state index in [0.29, 0.717) is 17.7 Å². The molecule has 0 N–H and O–H groups in total. The van der Waals surface area contributed by atoms with Crippen molar-refractivity contribution in [3.63, 3.8) is 0 Å². The summed E-state index contributed by atoms with van der Waals surface area (Å²) >= 11 is 0. The van der Waals surface area contributed by atoms with Gasteiger partial charge in [-0.2, -0.15) is 15.0 Å². The Labute approximate surface area is 361 Å². The van der Waals surface area contributed by atoms with Crippen molar-refractivity contribution in [2.75, 3.05) is 0 Å². The third kappa shape index (κ3) is 5.12. The van der Waals surface area contributed by atoms with E-state index in [1.165, 1.54) is 92.7 Å². The summed E-state index contributed by atoms with van der Waals surface area (Å²) < 4.78 is 7.02. The summed E-state index contributed by atoms with van der Waals surface area (Å²) in [6.07, 6.45) is 5.26. The van der Waals surface area contributed by atoms with Gasteiger partial charge in [-0.3, -0.25) is 9.13 Å². The van der Waals surface area contributed by atoms with Crippen LogP contribution in [-0.4, -0.2) is 36.7 Å². The molecule has 1 spiro atoms. The number of nitrogens with zero attached hydrogens (tertiary/aromatic N) is 6. The molecule has 7 heteroatoms. The van der Waals surface area contributed by atoms with E-state index in [9.17, 15) is 0 Å². The van der Waals surface area contributed by atoms with E-state index in [-0.39, 0.29) is 5.41 Å². The normalized spacial score (nSPS) is 16.0. The Morgan fingerprint density at radius 3 is 1.24 bits per heavy atom. The van der Waals surface area contributed by atoms with E-state index < -0.39 is 8.07 Å². The fourth-order valence-electron chi connectivity index (χ4n) is 11.7. The van der Waals surface area contributed by atoms with E-state index in [1.807, 2.05) is 0 Å². The van der Waals surface area contributed by atoms with Crippen LogP contribution in [0, 0.1) is 0 Å². The first-order valence-corrected chi connectivity index (χ1v) is 25.0. The zero-order chi connectivity index (χ0) is 41.2. The molecule has 1 fully saturated rings. The van der Waals surface area contributed by atoms with E-state index in [4.69, 9.17) is 15.0 Å². The van der Waals surface area contributed by atoms with Gasteiger partial charge < -0.3 is 4.57 Å². The molecule has 1 saturated heterocycles. The third-order valence-corrected chi connectivity index (χ3v) is 20.1. The van der Waals surface area contributed by atoms with Gasteiger partial charge in [0.05, 0.1) is 46.9 Å². The van der Waals surface area contributed by atoms with Crippen molar-refractivity contribution < 1.29 is 0 Å². The lowest BCUT2D eigenvalue weighted by atomic mass is 9.80. The van der Waals surface area contributed by atoms with Crippen LogP contribution < -0.4 is 5.19 Å². The lowest BCUT2D eigenvalue weighted by Crippen LogP contribution is -2.56. The number of benzene rings is 7. The van der Waals surface area contributed by atoms with E-state index in [2.05, 4.69) is 185 Å². The second-order valence-electron chi connectivity index (χ2n) is 18.5. The standard InChI is InChI=1S/C55H46N6Si/c1-55(2)30-33-62(31-16-3-17-32-62)51-35-50(59-44-24-10-4-18-36(44)37-19-5-11-25-45(37)59)42(34-43(51)55)52-56-53(60-46-26-12-6-20-38(46)39-21-7-13-27-47(39)60)58-54(57-52)61-48-28-14-8-22-40(48)41-23-9-15-29-49(41)61/h4-15,18-29,34-35H,3,16-17,30-33H2,1-2H3. The first-order chi connectivity index (χ1) is 30.5. The highest BCUT2D eigenvalue weighted by Crippen LogP contribution is 2.46. The van der Waals surface area contributed by atoms with Crippen molar-refractivity contribution in [3.8, 4) is 29.0 Å². The Bertz CT molecular complexity index is 3330. The molecule has 0 bridgehead atoms. The Hall–Kier alpha value is -6.83. The zero-order valence-electron chi connectivity index (χ0n) is 35.1. The SMILES string of the molecule is CC1(C)CC[Si]2(CCCCC2)c2cc(-n3c4ccccc4c4ccccc43)c(-c3nc(-n4c5ccccc5c5ccccc54)nc(-n4c5ccccc5c5ccccc54)n3)cc21. The van der Waals surface area contributed by atoms with Crippen molar-refractivity contribution in [1.29, 1.82) is 0 Å². The van der Waals surface area contributed by atoms with Crippen LogP contribution in [0.1, 0.15) is 45.1 Å². The summed E-state index contributed by atoms with van der Waals surface area (Å²) in [5.74, 6) is 1.88. The van der Waals surface area contributed by atoms with Gasteiger partial charge in [0.1, 0.15) is 0 Å². The van der Waals surface area contributed by atoms with Crippen LogP contribution in [0.4, 0.5) is 0 Å². The van der Waals surface area contributed by atoms with Crippen molar-refractivity contribution in [3.05, 3.63) is 163 Å². The molecule has 0 amide bonds. The maximum atomic E-state index is 5.67. The first kappa shape index (κ1) is 35.9. The molecular formula is C55H46N6Si. The molecule has 4 aromatic heterocycles. The van der Waals surface area contributed by atoms with Crippen molar-refractivity contribution in [2.24, 2.45) is 0 Å². The van der Waals surface area contributed by atoms with Crippen LogP contribution in [-0.2, 0) is 5.41 Å². The quantitative estimate of drug-likeness (QED) is 0.166. The number of hydrogen-bond acceptors (Lipinski definition) is 3. The van der Waals surface area contributed by atoms with Crippen molar-refractivity contribution in [2.45, 2.75) is 63.1 Å². The number of fused-ring (bicyclic) bond motifs is 11. The zero-order valence-corrected chi connectivity index (χ0v) is 36.1. The number of para-hydroxylation sites is 6. The molecule has 0 atom stereocenters. The fraction of sp³-hybridized carbons (Fsp3) is 0.182. The second-order valence-corrected chi connectivity index (χ2v) is 23.1. The summed E-state index contributed by atoms with van der Waals surface area (Å²) in [6.45, 7) is 4.95. The van der Waals surface area contributed by atoms with Gasteiger partial charge in [0.2, 0.25) is 11.9 Å². The predicted molar refractivity (Wildman–Crippen MR) is 260 cm³/mol. The van der Waals surface area contributed by atoms with E-state index in [0.717, 1.165) is 33.3 Å². The molecule has 6 heterocycles. The molecular weight excluding hydrogens is 773 g/mol. The van der Waals surface area contributed by atoms with E-state index >= 15 is 0 Å². The fourth-order valence-corrected chi connectivity index (χ4v) is 17.6. The highest BCUT2D eigenvalue weighted by Gasteiger charge is 2.46. The van der Waals surface area contributed by atoms with Gasteiger partial charge in [-0.05, 0) is 65.9 Å². The summed E-state index contributed by atoms with van der Waals surface area (Å²) in [6, 6.07) is 61.7. The monoisotopic (exact) mass is 818 g/mol. The molecule has 0 radical (unpaired) electrons. The van der Waals surface area contributed by atoms with Gasteiger partial charge >= 0.3 is 0 Å². The van der Waals surface area contributed by atoms with Gasteiger partial charge in [-0.25, -0.2) is 0 Å². The lowest BCUT2D eigenvalue weighted by Gasteiger charge is -2.46. The average Bonchev–Trinajstić information content (AvgIpc) is 3.96. The molecule has 6 nitrogen and oxygen atoms in total. The minimum atomic E-state index is -1.79. The molecule has 2 aliphatic heterocycles. The highest BCUT2D eigenvalue weighted by atomic mass is 28.3. The number of hydrogen-bond donors (Lipinski definition) is 0. The van der Waals surface area contributed by atoms with Gasteiger partial charge in [0.25, 0.3) is 0 Å². The second kappa shape index (κ2) is 13.3. The van der Waals surface area contributed by atoms with Crippen LogP contribution in [0.5, 0.6) is 0 Å². The molecule has 2 aliphatic rings. The van der Waals surface area contributed by atoms with E-state index in [1.54, 1.807) is 5.19 Å². The minimum Gasteiger partial charge on any atom is -0.309 e. The predicted octanol–water partition coefficient (Wildman–Crippen LogP) is 13.4. The largest absolute Gasteiger partial charge is 0.309 e. The maximum Gasteiger partial charge on any atom is 0.240 e. The molecule has 7 aromatic carbocycles. The molecule has 0 unspecified atom stereocenters. The first-order valence-electron chi connectivity index (χ1n) is 22.4. The van der Waals surface area contributed by atoms with Crippen LogP contribution in [0.25, 0.3) is 94.4 Å². The summed E-state index contributed by atoms with van der Waals surface area (Å²) in [5, 5.41) is 8.86. The van der Waals surface area contributed by atoms with Gasteiger partial charge in [0, 0.05) is 37.9 Å². The maximum absolute atomic E-state index is 5.67. The summed E-state index contributed by atoms with van der Waals surface area (Å²) in [5.41, 5.74) is 10.4. The molecule has 300 valence electrons. The molecule has 62 heavy (non-hydrogen) atoms. The Balaban J connectivity index is 1.19. The van der Waals surface area contributed by atoms with Crippen molar-refractivity contribution >= 4 is 78.7 Å². The molecule has 0 saturated carbocycles. The number of rotatable bonds is 4. The van der Waals surface area contributed by atoms with Gasteiger partial charge in [0.15, 0.2) is 5.82 Å². The van der Waals surface area contributed by atoms with Crippen molar-refractivity contribution in [1.82, 2.24) is 28.7 Å². The molecule has 11 aromatic rings. The molecule has 0 aliphatic carbocycles. The minimum absolute atomic E-state index is 0.0114. The van der Waals surface area contributed by atoms with Gasteiger partial charge in [-0.15, -0.1) is 0 Å². The average molecular weight is 819 g/mol. The highest BCUT2D eigenvalue weighted by molar-refractivity contribution is 6.92.